The predicted molar refractivity (Wildman–Crippen MR) is 72.6 cm³/mol. The van der Waals surface area contributed by atoms with Gasteiger partial charge in [-0.25, -0.2) is 13.1 Å². The number of ether oxygens (including phenoxy) is 1. The number of amidine groups is 1. The number of hydrogen-bond donors (Lipinski definition) is 3. The van der Waals surface area contributed by atoms with Gasteiger partial charge in [0.2, 0.25) is 10.0 Å². The molecule has 112 valence electrons. The minimum Gasteiger partial charge on any atom is -0.409 e. The van der Waals surface area contributed by atoms with Gasteiger partial charge in [0.15, 0.2) is 5.84 Å². The number of nitrogens with zero attached hydrogens (tertiary/aromatic N) is 1. The normalized spacial score (nSPS) is 29.4. The van der Waals surface area contributed by atoms with E-state index in [4.69, 9.17) is 15.7 Å². The van der Waals surface area contributed by atoms with Gasteiger partial charge in [-0.15, -0.1) is 0 Å². The van der Waals surface area contributed by atoms with Crippen molar-refractivity contribution in [3.05, 3.63) is 0 Å². The molecule has 1 fully saturated rings. The van der Waals surface area contributed by atoms with E-state index in [0.717, 1.165) is 12.8 Å². The minimum absolute atomic E-state index is 0.0691. The molecule has 0 heterocycles. The third-order valence-corrected chi connectivity index (χ3v) is 5.04. The summed E-state index contributed by atoms with van der Waals surface area (Å²) in [6.45, 7) is 2.22. The smallest absolute Gasteiger partial charge is 0.214 e. The summed E-state index contributed by atoms with van der Waals surface area (Å²) in [5.74, 6) is 0.308. The highest BCUT2D eigenvalue weighted by atomic mass is 32.2. The minimum atomic E-state index is -3.52. The van der Waals surface area contributed by atoms with E-state index in [1.165, 1.54) is 7.11 Å². The zero-order chi connectivity index (χ0) is 14.5. The number of hydrogen-bond acceptors (Lipinski definition) is 5. The molecular formula is C11H23N3O4S. The SMILES string of the molecule is COCCS(=O)(=O)NC1(/C(N)=N/O)CCC(C)CC1. The van der Waals surface area contributed by atoms with Crippen LogP contribution in [-0.2, 0) is 14.8 Å². The molecule has 0 spiro atoms. The van der Waals surface area contributed by atoms with Gasteiger partial charge in [0.25, 0.3) is 0 Å². The van der Waals surface area contributed by atoms with Crippen molar-refractivity contribution in [1.29, 1.82) is 0 Å². The number of methoxy groups -OCH3 is 1. The van der Waals surface area contributed by atoms with Gasteiger partial charge in [-0.1, -0.05) is 12.1 Å². The van der Waals surface area contributed by atoms with E-state index in [1.807, 2.05) is 0 Å². The summed E-state index contributed by atoms with van der Waals surface area (Å²) in [5.41, 5.74) is 4.74. The van der Waals surface area contributed by atoms with Gasteiger partial charge in [-0.3, -0.25) is 0 Å². The van der Waals surface area contributed by atoms with E-state index in [0.29, 0.717) is 18.8 Å². The predicted octanol–water partition coefficient (Wildman–Crippen LogP) is 0.248. The van der Waals surface area contributed by atoms with Crippen molar-refractivity contribution in [2.45, 2.75) is 38.1 Å². The van der Waals surface area contributed by atoms with Gasteiger partial charge < -0.3 is 15.7 Å². The number of nitrogens with one attached hydrogen (secondary N) is 1. The third kappa shape index (κ3) is 4.32. The molecule has 0 radical (unpaired) electrons. The molecule has 4 N–H and O–H groups in total. The Morgan fingerprint density at radius 1 is 1.53 bits per heavy atom. The van der Waals surface area contributed by atoms with Crippen LogP contribution in [0.2, 0.25) is 0 Å². The molecule has 19 heavy (non-hydrogen) atoms. The Labute approximate surface area is 114 Å². The summed E-state index contributed by atoms with van der Waals surface area (Å²) >= 11 is 0. The average molecular weight is 293 g/mol. The van der Waals surface area contributed by atoms with Crippen LogP contribution in [0.1, 0.15) is 32.6 Å². The highest BCUT2D eigenvalue weighted by Gasteiger charge is 2.41. The summed E-state index contributed by atoms with van der Waals surface area (Å²) in [5, 5.41) is 11.9. The van der Waals surface area contributed by atoms with Gasteiger partial charge in [0, 0.05) is 7.11 Å². The summed E-state index contributed by atoms with van der Waals surface area (Å²) in [7, 11) is -2.08. The van der Waals surface area contributed by atoms with Crippen LogP contribution >= 0.6 is 0 Å². The topological polar surface area (TPSA) is 114 Å². The molecule has 0 unspecified atom stereocenters. The lowest BCUT2D eigenvalue weighted by molar-refractivity contribution is 0.216. The molecule has 1 saturated carbocycles. The number of rotatable bonds is 6. The van der Waals surface area contributed by atoms with E-state index >= 15 is 0 Å². The summed E-state index contributed by atoms with van der Waals surface area (Å²) in [6.07, 6.45) is 2.75. The Balaban J connectivity index is 2.88. The monoisotopic (exact) mass is 293 g/mol. The fourth-order valence-corrected chi connectivity index (χ4v) is 3.70. The fourth-order valence-electron chi connectivity index (χ4n) is 2.30. The molecule has 0 aromatic rings. The number of nitrogens with two attached hydrogens (primary N) is 1. The Bertz CT molecular complexity index is 414. The molecule has 0 aromatic heterocycles. The van der Waals surface area contributed by atoms with Gasteiger partial charge >= 0.3 is 0 Å². The first kappa shape index (κ1) is 16.2. The summed E-state index contributed by atoms with van der Waals surface area (Å²) in [4.78, 5) is 0. The van der Waals surface area contributed by atoms with Gasteiger partial charge in [-0.2, -0.15) is 0 Å². The molecule has 8 heteroatoms. The van der Waals surface area contributed by atoms with Crippen molar-refractivity contribution in [2.75, 3.05) is 19.5 Å². The first-order valence-electron chi connectivity index (χ1n) is 6.34. The molecular weight excluding hydrogens is 270 g/mol. The van der Waals surface area contributed by atoms with Crippen LogP contribution in [0.5, 0.6) is 0 Å². The number of oxime groups is 1. The maximum absolute atomic E-state index is 12.0. The van der Waals surface area contributed by atoms with Crippen LogP contribution in [0.15, 0.2) is 5.16 Å². The molecule has 0 aromatic carbocycles. The van der Waals surface area contributed by atoms with Crippen molar-refractivity contribution in [3.63, 3.8) is 0 Å². The van der Waals surface area contributed by atoms with E-state index in [-0.39, 0.29) is 18.2 Å². The Kier molecular flexibility index (Phi) is 5.57. The second-order valence-electron chi connectivity index (χ2n) is 5.16. The Morgan fingerprint density at radius 3 is 2.58 bits per heavy atom. The lowest BCUT2D eigenvalue weighted by atomic mass is 9.77. The molecule has 7 nitrogen and oxygen atoms in total. The number of sulfonamides is 1. The van der Waals surface area contributed by atoms with Crippen molar-refractivity contribution in [1.82, 2.24) is 4.72 Å². The zero-order valence-corrected chi connectivity index (χ0v) is 12.2. The highest BCUT2D eigenvalue weighted by molar-refractivity contribution is 7.89. The van der Waals surface area contributed by atoms with E-state index in [9.17, 15) is 8.42 Å². The van der Waals surface area contributed by atoms with Crippen molar-refractivity contribution < 1.29 is 18.4 Å². The molecule has 0 atom stereocenters. The summed E-state index contributed by atoms with van der Waals surface area (Å²) < 4.78 is 31.3. The van der Waals surface area contributed by atoms with E-state index < -0.39 is 15.6 Å². The van der Waals surface area contributed by atoms with Crippen LogP contribution in [0.3, 0.4) is 0 Å². The Morgan fingerprint density at radius 2 is 2.11 bits per heavy atom. The molecule has 1 rings (SSSR count). The van der Waals surface area contributed by atoms with Crippen LogP contribution in [0.25, 0.3) is 0 Å². The lowest BCUT2D eigenvalue weighted by Gasteiger charge is -2.38. The molecule has 0 saturated heterocycles. The van der Waals surface area contributed by atoms with Gasteiger partial charge in [-0.05, 0) is 31.6 Å². The average Bonchev–Trinajstić information content (AvgIpc) is 2.38. The highest BCUT2D eigenvalue weighted by Crippen LogP contribution is 2.32. The van der Waals surface area contributed by atoms with Crippen LogP contribution in [0.4, 0.5) is 0 Å². The summed E-state index contributed by atoms with van der Waals surface area (Å²) in [6, 6.07) is 0. The molecule has 1 aliphatic carbocycles. The third-order valence-electron chi connectivity index (χ3n) is 3.63. The van der Waals surface area contributed by atoms with Crippen LogP contribution in [0, 0.1) is 5.92 Å². The van der Waals surface area contributed by atoms with Crippen LogP contribution in [-0.4, -0.2) is 44.5 Å². The first-order chi connectivity index (χ1) is 8.85. The van der Waals surface area contributed by atoms with Crippen molar-refractivity contribution in [2.24, 2.45) is 16.8 Å². The van der Waals surface area contributed by atoms with Gasteiger partial charge in [0.1, 0.15) is 0 Å². The second-order valence-corrected chi connectivity index (χ2v) is 7.01. The Hall–Kier alpha value is -0.860. The standard InChI is InChI=1S/C11H23N3O4S/c1-9-3-5-11(6-4-9,10(12)13-15)14-19(16,17)8-7-18-2/h9,14-15H,3-8H2,1-2H3,(H2,12,13). The van der Waals surface area contributed by atoms with E-state index in [2.05, 4.69) is 16.8 Å². The first-order valence-corrected chi connectivity index (χ1v) is 7.99. The van der Waals surface area contributed by atoms with Crippen LogP contribution < -0.4 is 10.5 Å². The van der Waals surface area contributed by atoms with E-state index in [1.54, 1.807) is 0 Å². The van der Waals surface area contributed by atoms with Gasteiger partial charge in [0.05, 0.1) is 17.9 Å². The van der Waals surface area contributed by atoms with Crippen molar-refractivity contribution in [3.8, 4) is 0 Å². The zero-order valence-electron chi connectivity index (χ0n) is 11.4. The fraction of sp³-hybridized carbons (Fsp3) is 0.909. The molecule has 0 bridgehead atoms. The maximum atomic E-state index is 12.0. The molecule has 1 aliphatic rings. The quantitative estimate of drug-likeness (QED) is 0.281. The van der Waals surface area contributed by atoms with Crippen molar-refractivity contribution >= 4 is 15.9 Å². The maximum Gasteiger partial charge on any atom is 0.214 e. The molecule has 0 aliphatic heterocycles. The largest absolute Gasteiger partial charge is 0.409 e. The second kappa shape index (κ2) is 6.53. The molecule has 0 amide bonds. The lowest BCUT2D eigenvalue weighted by Crippen LogP contribution is -2.59.